The Balaban J connectivity index is 1.62. The van der Waals surface area contributed by atoms with E-state index < -0.39 is 35.9 Å². The van der Waals surface area contributed by atoms with E-state index in [9.17, 15) is 14.4 Å². The first-order valence-electron chi connectivity index (χ1n) is 10.6. The number of benzene rings is 3. The molecular formula is C27H22O7. The van der Waals surface area contributed by atoms with Gasteiger partial charge in [-0.05, 0) is 42.5 Å². The van der Waals surface area contributed by atoms with Gasteiger partial charge in [0.1, 0.15) is 0 Å². The monoisotopic (exact) mass is 458 g/mol. The Bertz CT molecular complexity index is 1160. The molecule has 0 bridgehead atoms. The number of rotatable bonds is 7. The maximum atomic E-state index is 12.9. The summed E-state index contributed by atoms with van der Waals surface area (Å²) < 4.78 is 22.6. The molecule has 0 saturated carbocycles. The maximum Gasteiger partial charge on any atom is 0.340 e. The molecule has 3 atom stereocenters. The van der Waals surface area contributed by atoms with Crippen LogP contribution in [0.4, 0.5) is 0 Å². The van der Waals surface area contributed by atoms with E-state index >= 15 is 0 Å². The SMILES string of the molecule is C=C[C@@]1(OC(=O)c2ccccc2)CO[C@H](OC(=O)c2ccccc2)[C@@H]1OC(=O)c1ccccc1. The molecule has 4 rings (SSSR count). The third-order valence-corrected chi connectivity index (χ3v) is 5.32. The topological polar surface area (TPSA) is 88.1 Å². The van der Waals surface area contributed by atoms with Gasteiger partial charge >= 0.3 is 17.9 Å². The fraction of sp³-hybridized carbons (Fsp3) is 0.148. The van der Waals surface area contributed by atoms with Crippen LogP contribution in [0.15, 0.2) is 104 Å². The fourth-order valence-corrected chi connectivity index (χ4v) is 3.48. The van der Waals surface area contributed by atoms with Crippen LogP contribution < -0.4 is 0 Å². The van der Waals surface area contributed by atoms with Crippen LogP contribution in [0, 0.1) is 0 Å². The van der Waals surface area contributed by atoms with Crippen molar-refractivity contribution >= 4 is 17.9 Å². The molecule has 0 spiro atoms. The zero-order valence-corrected chi connectivity index (χ0v) is 18.2. The second kappa shape index (κ2) is 10.1. The van der Waals surface area contributed by atoms with E-state index in [1.807, 2.05) is 0 Å². The highest BCUT2D eigenvalue weighted by molar-refractivity contribution is 5.91. The van der Waals surface area contributed by atoms with Crippen LogP contribution in [0.3, 0.4) is 0 Å². The quantitative estimate of drug-likeness (QED) is 0.298. The van der Waals surface area contributed by atoms with Crippen molar-refractivity contribution in [1.82, 2.24) is 0 Å². The van der Waals surface area contributed by atoms with Gasteiger partial charge in [0, 0.05) is 0 Å². The highest BCUT2D eigenvalue weighted by atomic mass is 16.7. The van der Waals surface area contributed by atoms with E-state index in [0.29, 0.717) is 5.56 Å². The standard InChI is InChI=1S/C27H22O7/c1-2-27(34-25(30)21-16-10-5-11-17-21)18-31-26(33-24(29)20-14-8-4-9-15-20)22(27)32-23(28)19-12-6-3-7-13-19/h2-17,22,26H,1,18H2/t22-,26+,27+/m0/s1. The Hall–Kier alpha value is -4.23. The number of hydrogen-bond donors (Lipinski definition) is 0. The lowest BCUT2D eigenvalue weighted by atomic mass is 9.98. The van der Waals surface area contributed by atoms with E-state index in [1.165, 1.54) is 6.08 Å². The normalized spacial score (nSPS) is 21.3. The highest BCUT2D eigenvalue weighted by Crippen LogP contribution is 2.35. The molecule has 3 aromatic rings. The molecule has 1 fully saturated rings. The first kappa shape index (κ1) is 22.9. The predicted octanol–water partition coefficient (Wildman–Crippen LogP) is 4.21. The largest absolute Gasteiger partial charge is 0.447 e. The van der Waals surface area contributed by atoms with Gasteiger partial charge in [-0.15, -0.1) is 0 Å². The minimum absolute atomic E-state index is 0.228. The third kappa shape index (κ3) is 4.89. The van der Waals surface area contributed by atoms with E-state index in [1.54, 1.807) is 91.0 Å². The Morgan fingerprint density at radius 3 is 1.65 bits per heavy atom. The van der Waals surface area contributed by atoms with Gasteiger partial charge in [-0.1, -0.05) is 61.2 Å². The Kier molecular flexibility index (Phi) is 6.85. The summed E-state index contributed by atoms with van der Waals surface area (Å²) in [4.78, 5) is 38.4. The predicted molar refractivity (Wildman–Crippen MR) is 122 cm³/mol. The summed E-state index contributed by atoms with van der Waals surface area (Å²) in [6.45, 7) is 3.55. The van der Waals surface area contributed by atoms with Gasteiger partial charge in [0.25, 0.3) is 0 Å². The van der Waals surface area contributed by atoms with Gasteiger partial charge in [-0.3, -0.25) is 0 Å². The molecule has 0 radical (unpaired) electrons. The number of esters is 3. The van der Waals surface area contributed by atoms with Crippen molar-refractivity contribution in [1.29, 1.82) is 0 Å². The van der Waals surface area contributed by atoms with Crippen molar-refractivity contribution in [3.8, 4) is 0 Å². The fourth-order valence-electron chi connectivity index (χ4n) is 3.48. The van der Waals surface area contributed by atoms with Gasteiger partial charge < -0.3 is 18.9 Å². The molecule has 34 heavy (non-hydrogen) atoms. The van der Waals surface area contributed by atoms with Crippen LogP contribution in [0.1, 0.15) is 31.1 Å². The second-order valence-corrected chi connectivity index (χ2v) is 7.56. The third-order valence-electron chi connectivity index (χ3n) is 5.32. The molecule has 1 aliphatic rings. The zero-order valence-electron chi connectivity index (χ0n) is 18.2. The van der Waals surface area contributed by atoms with Crippen LogP contribution in [0.2, 0.25) is 0 Å². The molecule has 7 heteroatoms. The van der Waals surface area contributed by atoms with E-state index in [4.69, 9.17) is 18.9 Å². The molecule has 1 saturated heterocycles. The first-order valence-corrected chi connectivity index (χ1v) is 10.6. The van der Waals surface area contributed by atoms with Gasteiger partial charge in [0.15, 0.2) is 5.60 Å². The smallest absolute Gasteiger partial charge is 0.340 e. The number of ether oxygens (including phenoxy) is 4. The molecule has 1 aliphatic heterocycles. The molecule has 0 N–H and O–H groups in total. The summed E-state index contributed by atoms with van der Waals surface area (Å²) in [6.07, 6.45) is -1.30. The van der Waals surface area contributed by atoms with Crippen molar-refractivity contribution in [2.45, 2.75) is 18.0 Å². The number of hydrogen-bond acceptors (Lipinski definition) is 7. The molecule has 0 aliphatic carbocycles. The molecule has 0 amide bonds. The average Bonchev–Trinajstić information content (AvgIpc) is 3.22. The van der Waals surface area contributed by atoms with Crippen molar-refractivity contribution in [2.75, 3.05) is 6.61 Å². The van der Waals surface area contributed by atoms with Gasteiger partial charge in [-0.2, -0.15) is 0 Å². The Morgan fingerprint density at radius 1 is 0.735 bits per heavy atom. The Morgan fingerprint density at radius 2 is 1.18 bits per heavy atom. The van der Waals surface area contributed by atoms with Crippen molar-refractivity contribution in [3.63, 3.8) is 0 Å². The summed E-state index contributed by atoms with van der Waals surface area (Å²) in [6, 6.07) is 24.9. The van der Waals surface area contributed by atoms with E-state index in [-0.39, 0.29) is 17.7 Å². The van der Waals surface area contributed by atoms with Crippen molar-refractivity contribution in [3.05, 3.63) is 120 Å². The number of carbonyl (C=O) groups is 3. The van der Waals surface area contributed by atoms with Gasteiger partial charge in [0.05, 0.1) is 23.3 Å². The highest BCUT2D eigenvalue weighted by Gasteiger charge is 2.56. The summed E-state index contributed by atoms with van der Waals surface area (Å²) in [5.41, 5.74) is -0.730. The van der Waals surface area contributed by atoms with Crippen LogP contribution in [-0.2, 0) is 18.9 Å². The average molecular weight is 458 g/mol. The molecule has 0 unspecified atom stereocenters. The molecule has 1 heterocycles. The van der Waals surface area contributed by atoms with Crippen LogP contribution >= 0.6 is 0 Å². The van der Waals surface area contributed by atoms with Crippen LogP contribution in [0.5, 0.6) is 0 Å². The van der Waals surface area contributed by atoms with Crippen molar-refractivity contribution < 1.29 is 33.3 Å². The number of carbonyl (C=O) groups excluding carboxylic acids is 3. The maximum absolute atomic E-state index is 12.9. The molecule has 7 nitrogen and oxygen atoms in total. The van der Waals surface area contributed by atoms with E-state index in [0.717, 1.165) is 0 Å². The summed E-state index contributed by atoms with van der Waals surface area (Å²) in [5.74, 6) is -2.04. The summed E-state index contributed by atoms with van der Waals surface area (Å²) in [5, 5.41) is 0. The lowest BCUT2D eigenvalue weighted by molar-refractivity contribution is -0.129. The molecule has 0 aromatic heterocycles. The van der Waals surface area contributed by atoms with Gasteiger partial charge in [-0.25, -0.2) is 14.4 Å². The lowest BCUT2D eigenvalue weighted by Crippen LogP contribution is -2.49. The van der Waals surface area contributed by atoms with Gasteiger partial charge in [0.2, 0.25) is 12.4 Å². The van der Waals surface area contributed by atoms with Crippen LogP contribution in [0.25, 0.3) is 0 Å². The molecule has 3 aromatic carbocycles. The molecule has 172 valence electrons. The Labute approximate surface area is 196 Å². The van der Waals surface area contributed by atoms with Crippen molar-refractivity contribution in [2.24, 2.45) is 0 Å². The van der Waals surface area contributed by atoms with Crippen LogP contribution in [-0.4, -0.2) is 42.5 Å². The summed E-state index contributed by atoms with van der Waals surface area (Å²) >= 11 is 0. The van der Waals surface area contributed by atoms with E-state index in [2.05, 4.69) is 6.58 Å². The minimum atomic E-state index is -1.58. The minimum Gasteiger partial charge on any atom is -0.447 e. The molecular weight excluding hydrogens is 436 g/mol. The lowest BCUT2D eigenvalue weighted by Gasteiger charge is -2.31. The zero-order chi connectivity index (χ0) is 24.0. The first-order chi connectivity index (χ1) is 16.5. The summed E-state index contributed by atoms with van der Waals surface area (Å²) in [7, 11) is 0. The second-order valence-electron chi connectivity index (χ2n) is 7.56.